The van der Waals surface area contributed by atoms with Gasteiger partial charge in [-0.15, -0.1) is 0 Å². The zero-order chi connectivity index (χ0) is 15.8. The molecule has 3 nitrogen and oxygen atoms in total. The van der Waals surface area contributed by atoms with Crippen molar-refractivity contribution in [2.75, 3.05) is 6.61 Å². The van der Waals surface area contributed by atoms with Crippen LogP contribution in [0.2, 0.25) is 0 Å². The lowest BCUT2D eigenvalue weighted by Gasteiger charge is -2.10. The summed E-state index contributed by atoms with van der Waals surface area (Å²) >= 11 is 0.562. The normalized spacial score (nSPS) is 11.1. The molecule has 0 aliphatic carbocycles. The standard InChI is InChI=1S/C16H19F2NO2S/c1-2-20-15-6-4-3-5-12(15)9-19-10-13-7-8-14(21-13)11-22-16(17)18/h3-8,16,19H,2,9-11H2,1H3. The topological polar surface area (TPSA) is 34.4 Å². The van der Waals surface area contributed by atoms with E-state index in [-0.39, 0.29) is 5.75 Å². The molecular formula is C16H19F2NO2S. The number of rotatable bonds is 9. The summed E-state index contributed by atoms with van der Waals surface area (Å²) in [6, 6.07) is 11.4. The van der Waals surface area contributed by atoms with Crippen LogP contribution in [0.15, 0.2) is 40.8 Å². The summed E-state index contributed by atoms with van der Waals surface area (Å²) in [5.74, 6) is -0.0199. The number of alkyl halides is 2. The minimum absolute atomic E-state index is 0.185. The van der Waals surface area contributed by atoms with Gasteiger partial charge in [0.2, 0.25) is 0 Å². The van der Waals surface area contributed by atoms with Crippen molar-refractivity contribution in [3.8, 4) is 5.75 Å². The highest BCUT2D eigenvalue weighted by Gasteiger charge is 2.07. The van der Waals surface area contributed by atoms with E-state index >= 15 is 0 Å². The van der Waals surface area contributed by atoms with Gasteiger partial charge in [0.1, 0.15) is 17.3 Å². The highest BCUT2D eigenvalue weighted by molar-refractivity contribution is 7.98. The molecule has 1 N–H and O–H groups in total. The van der Waals surface area contributed by atoms with Gasteiger partial charge in [0, 0.05) is 12.1 Å². The van der Waals surface area contributed by atoms with Crippen molar-refractivity contribution < 1.29 is 17.9 Å². The lowest BCUT2D eigenvalue weighted by atomic mass is 10.2. The Balaban J connectivity index is 1.81. The van der Waals surface area contributed by atoms with Crippen LogP contribution in [0, 0.1) is 0 Å². The number of nitrogens with one attached hydrogen (secondary N) is 1. The Morgan fingerprint density at radius 1 is 1.14 bits per heavy atom. The third-order valence-electron chi connectivity index (χ3n) is 2.96. The number of ether oxygens (including phenoxy) is 1. The van der Waals surface area contributed by atoms with Crippen LogP contribution in [-0.2, 0) is 18.8 Å². The fourth-order valence-electron chi connectivity index (χ4n) is 2.01. The molecule has 120 valence electrons. The Bertz CT molecular complexity index is 575. The first-order chi connectivity index (χ1) is 10.7. The molecule has 0 bridgehead atoms. The van der Waals surface area contributed by atoms with Crippen molar-refractivity contribution in [1.29, 1.82) is 0 Å². The van der Waals surface area contributed by atoms with Crippen LogP contribution in [0.25, 0.3) is 0 Å². The van der Waals surface area contributed by atoms with Gasteiger partial charge >= 0.3 is 0 Å². The second-order valence-electron chi connectivity index (χ2n) is 4.58. The SMILES string of the molecule is CCOc1ccccc1CNCc1ccc(CSC(F)F)o1. The molecule has 2 aromatic rings. The summed E-state index contributed by atoms with van der Waals surface area (Å²) in [5, 5.41) is 3.27. The van der Waals surface area contributed by atoms with E-state index in [9.17, 15) is 8.78 Å². The Morgan fingerprint density at radius 3 is 2.68 bits per heavy atom. The van der Waals surface area contributed by atoms with Crippen LogP contribution >= 0.6 is 11.8 Å². The number of benzene rings is 1. The van der Waals surface area contributed by atoms with Crippen LogP contribution < -0.4 is 10.1 Å². The summed E-state index contributed by atoms with van der Waals surface area (Å²) in [6.45, 7) is 3.77. The predicted molar refractivity (Wildman–Crippen MR) is 84.2 cm³/mol. The summed E-state index contributed by atoms with van der Waals surface area (Å²) in [6.07, 6.45) is 0. The van der Waals surface area contributed by atoms with Crippen LogP contribution in [0.1, 0.15) is 24.0 Å². The summed E-state index contributed by atoms with van der Waals surface area (Å²) < 4.78 is 35.3. The number of hydrogen-bond donors (Lipinski definition) is 1. The summed E-state index contributed by atoms with van der Waals surface area (Å²) in [4.78, 5) is 0. The molecule has 22 heavy (non-hydrogen) atoms. The van der Waals surface area contributed by atoms with E-state index in [0.29, 0.717) is 37.2 Å². The van der Waals surface area contributed by atoms with Gasteiger partial charge in [-0.25, -0.2) is 0 Å². The van der Waals surface area contributed by atoms with Gasteiger partial charge in [0.25, 0.3) is 5.76 Å². The van der Waals surface area contributed by atoms with Crippen LogP contribution in [0.3, 0.4) is 0 Å². The summed E-state index contributed by atoms with van der Waals surface area (Å²) in [7, 11) is 0. The van der Waals surface area contributed by atoms with Crippen LogP contribution in [0.4, 0.5) is 8.78 Å². The number of furan rings is 1. The van der Waals surface area contributed by atoms with E-state index in [1.54, 1.807) is 6.07 Å². The van der Waals surface area contributed by atoms with Crippen molar-refractivity contribution in [3.05, 3.63) is 53.5 Å². The van der Waals surface area contributed by atoms with E-state index < -0.39 is 5.76 Å². The monoisotopic (exact) mass is 327 g/mol. The van der Waals surface area contributed by atoms with Gasteiger partial charge in [-0.1, -0.05) is 30.0 Å². The minimum Gasteiger partial charge on any atom is -0.494 e. The van der Waals surface area contributed by atoms with E-state index in [1.807, 2.05) is 37.3 Å². The lowest BCUT2D eigenvalue weighted by molar-refractivity contribution is 0.251. The fraction of sp³-hybridized carbons (Fsp3) is 0.375. The average Bonchev–Trinajstić information content (AvgIpc) is 2.95. The van der Waals surface area contributed by atoms with Gasteiger partial charge in [0.15, 0.2) is 0 Å². The molecule has 1 heterocycles. The molecule has 0 saturated carbocycles. The molecule has 0 atom stereocenters. The zero-order valence-corrected chi connectivity index (χ0v) is 13.2. The van der Waals surface area contributed by atoms with Crippen molar-refractivity contribution in [2.24, 2.45) is 0 Å². The molecule has 0 amide bonds. The molecule has 1 aromatic carbocycles. The maximum atomic E-state index is 12.1. The highest BCUT2D eigenvalue weighted by atomic mass is 32.2. The lowest BCUT2D eigenvalue weighted by Crippen LogP contribution is -2.13. The molecule has 0 aliphatic rings. The summed E-state index contributed by atoms with van der Waals surface area (Å²) in [5.41, 5.74) is 1.07. The van der Waals surface area contributed by atoms with Crippen molar-refractivity contribution in [2.45, 2.75) is 31.5 Å². The third-order valence-corrected chi connectivity index (χ3v) is 3.66. The second-order valence-corrected chi connectivity index (χ2v) is 5.56. The van der Waals surface area contributed by atoms with Gasteiger partial charge in [-0.05, 0) is 25.1 Å². The maximum Gasteiger partial charge on any atom is 0.284 e. The van der Waals surface area contributed by atoms with Gasteiger partial charge in [0.05, 0.1) is 18.9 Å². The highest BCUT2D eigenvalue weighted by Crippen LogP contribution is 2.21. The van der Waals surface area contributed by atoms with E-state index in [2.05, 4.69) is 5.32 Å². The predicted octanol–water partition coefficient (Wildman–Crippen LogP) is 4.42. The molecule has 2 rings (SSSR count). The maximum absolute atomic E-state index is 12.1. The Kier molecular flexibility index (Phi) is 6.74. The number of thioether (sulfide) groups is 1. The number of halogens is 2. The van der Waals surface area contributed by atoms with Crippen molar-refractivity contribution in [1.82, 2.24) is 5.32 Å². The quantitative estimate of drug-likeness (QED) is 0.739. The molecule has 0 spiro atoms. The van der Waals surface area contributed by atoms with Gasteiger partial charge < -0.3 is 14.5 Å². The van der Waals surface area contributed by atoms with E-state index in [1.165, 1.54) is 0 Å². The van der Waals surface area contributed by atoms with Gasteiger partial charge in [-0.2, -0.15) is 8.78 Å². The third kappa shape index (κ3) is 5.35. The fourth-order valence-corrected chi connectivity index (χ4v) is 2.45. The van der Waals surface area contributed by atoms with Crippen molar-refractivity contribution >= 4 is 11.8 Å². The first-order valence-corrected chi connectivity index (χ1v) is 8.12. The average molecular weight is 327 g/mol. The molecule has 0 unspecified atom stereocenters. The first kappa shape index (κ1) is 16.8. The molecule has 0 saturated heterocycles. The number of para-hydroxylation sites is 1. The smallest absolute Gasteiger partial charge is 0.284 e. The Labute approximate surface area is 133 Å². The van der Waals surface area contributed by atoms with E-state index in [0.717, 1.165) is 17.1 Å². The van der Waals surface area contributed by atoms with Crippen LogP contribution in [-0.4, -0.2) is 12.4 Å². The Hall–Kier alpha value is -1.53. The van der Waals surface area contributed by atoms with Crippen molar-refractivity contribution in [3.63, 3.8) is 0 Å². The van der Waals surface area contributed by atoms with Gasteiger partial charge in [-0.3, -0.25) is 0 Å². The zero-order valence-electron chi connectivity index (χ0n) is 12.4. The molecule has 1 aromatic heterocycles. The second kappa shape index (κ2) is 8.80. The van der Waals surface area contributed by atoms with Crippen LogP contribution in [0.5, 0.6) is 5.75 Å². The number of hydrogen-bond acceptors (Lipinski definition) is 4. The van der Waals surface area contributed by atoms with E-state index in [4.69, 9.17) is 9.15 Å². The molecule has 6 heteroatoms. The minimum atomic E-state index is -2.37. The molecule has 0 aliphatic heterocycles. The first-order valence-electron chi connectivity index (χ1n) is 7.07. The Morgan fingerprint density at radius 2 is 1.91 bits per heavy atom. The molecular weight excluding hydrogens is 308 g/mol. The largest absolute Gasteiger partial charge is 0.494 e. The molecule has 0 radical (unpaired) electrons. The molecule has 0 fully saturated rings.